The SMILES string of the molecule is COc1cc(C(F)(F)Oc2ccc(/C=C/C(=O)OCCCc3ccc(N)cc3N)cc2)ccc1OCCCC(F)(F)F. The highest BCUT2D eigenvalue weighted by Crippen LogP contribution is 2.37. The lowest BCUT2D eigenvalue weighted by molar-refractivity contribution is -0.185. The van der Waals surface area contributed by atoms with Crippen LogP contribution in [0.1, 0.15) is 36.0 Å². The lowest BCUT2D eigenvalue weighted by Gasteiger charge is -2.20. The van der Waals surface area contributed by atoms with Gasteiger partial charge in [0.2, 0.25) is 0 Å². The highest BCUT2D eigenvalue weighted by Gasteiger charge is 2.35. The van der Waals surface area contributed by atoms with Crippen LogP contribution in [0.3, 0.4) is 0 Å². The monoisotopic (exact) mass is 594 g/mol. The summed E-state index contributed by atoms with van der Waals surface area (Å²) in [6.07, 6.45) is -5.52. The predicted octanol–water partition coefficient (Wildman–Crippen LogP) is 6.90. The first-order valence-electron chi connectivity index (χ1n) is 12.9. The van der Waals surface area contributed by atoms with Gasteiger partial charge in [-0.3, -0.25) is 0 Å². The largest absolute Gasteiger partial charge is 0.493 e. The van der Waals surface area contributed by atoms with Crippen molar-refractivity contribution in [1.29, 1.82) is 0 Å². The lowest BCUT2D eigenvalue weighted by Crippen LogP contribution is -2.22. The minimum atomic E-state index is -4.31. The Hall–Kier alpha value is -4.48. The third-order valence-electron chi connectivity index (χ3n) is 5.90. The summed E-state index contributed by atoms with van der Waals surface area (Å²) in [5, 5.41) is 0. The molecule has 3 aromatic rings. The van der Waals surface area contributed by atoms with E-state index >= 15 is 0 Å². The van der Waals surface area contributed by atoms with Crippen LogP contribution >= 0.6 is 0 Å². The number of benzene rings is 3. The molecule has 0 aliphatic rings. The Morgan fingerprint density at radius 1 is 0.881 bits per heavy atom. The zero-order chi connectivity index (χ0) is 30.8. The highest BCUT2D eigenvalue weighted by atomic mass is 19.4. The second-order valence-corrected chi connectivity index (χ2v) is 9.18. The molecular weight excluding hydrogens is 563 g/mol. The molecule has 0 saturated heterocycles. The first kappa shape index (κ1) is 32.0. The lowest BCUT2D eigenvalue weighted by atomic mass is 10.1. The van der Waals surface area contributed by atoms with Gasteiger partial charge < -0.3 is 30.4 Å². The van der Waals surface area contributed by atoms with Crippen LogP contribution in [0.4, 0.5) is 33.3 Å². The van der Waals surface area contributed by atoms with Crippen molar-refractivity contribution in [1.82, 2.24) is 0 Å². The fraction of sp³-hybridized carbons (Fsp3) is 0.300. The normalized spacial score (nSPS) is 11.9. The Morgan fingerprint density at radius 3 is 2.29 bits per heavy atom. The number of carbonyl (C=O) groups excluding carboxylic acids is 1. The molecule has 0 fully saturated rings. The van der Waals surface area contributed by atoms with Gasteiger partial charge in [0.25, 0.3) is 0 Å². The van der Waals surface area contributed by atoms with Crippen LogP contribution in [0, 0.1) is 0 Å². The van der Waals surface area contributed by atoms with Gasteiger partial charge in [0, 0.05) is 23.9 Å². The molecule has 4 N–H and O–H groups in total. The Bertz CT molecular complexity index is 1360. The van der Waals surface area contributed by atoms with Gasteiger partial charge in [-0.25, -0.2) is 4.79 Å². The molecule has 42 heavy (non-hydrogen) atoms. The Balaban J connectivity index is 1.49. The first-order chi connectivity index (χ1) is 19.9. The second-order valence-electron chi connectivity index (χ2n) is 9.18. The van der Waals surface area contributed by atoms with E-state index in [0.717, 1.165) is 17.7 Å². The van der Waals surface area contributed by atoms with E-state index < -0.39 is 30.2 Å². The average Bonchev–Trinajstić information content (AvgIpc) is 2.93. The number of nitrogen functional groups attached to an aromatic ring is 2. The summed E-state index contributed by atoms with van der Waals surface area (Å²) < 4.78 is 86.9. The van der Waals surface area contributed by atoms with E-state index in [-0.39, 0.29) is 36.9 Å². The van der Waals surface area contributed by atoms with Gasteiger partial charge in [-0.05, 0) is 78.9 Å². The van der Waals surface area contributed by atoms with E-state index in [1.165, 1.54) is 49.6 Å². The molecule has 0 atom stereocenters. The first-order valence-corrected chi connectivity index (χ1v) is 12.9. The number of aryl methyl sites for hydroxylation is 1. The maximum atomic E-state index is 14.8. The molecule has 0 radical (unpaired) electrons. The highest BCUT2D eigenvalue weighted by molar-refractivity contribution is 5.87. The zero-order valence-electron chi connectivity index (χ0n) is 22.8. The van der Waals surface area contributed by atoms with E-state index in [1.54, 1.807) is 12.1 Å². The van der Waals surface area contributed by atoms with E-state index in [2.05, 4.69) is 0 Å². The molecule has 0 aromatic heterocycles. The smallest absolute Gasteiger partial charge is 0.426 e. The molecule has 226 valence electrons. The number of carbonyl (C=O) groups is 1. The number of hydrogen-bond donors (Lipinski definition) is 2. The number of alkyl halides is 5. The molecule has 0 saturated carbocycles. The number of esters is 1. The molecule has 3 rings (SSSR count). The fourth-order valence-electron chi connectivity index (χ4n) is 3.77. The standard InChI is InChI=1S/C30H31F5N2O5/c1-39-27-18-22(9-13-26(27)40-17-3-15-29(31,32)33)30(34,35)42-24-11-5-20(6-12-24)7-14-28(38)41-16-2-4-21-8-10-23(36)19-25(21)37/h5-14,18-19H,2-4,15-17,36-37H2,1H3/b14-7+. The number of ether oxygens (including phenoxy) is 4. The van der Waals surface area contributed by atoms with Crippen LogP contribution in [0.2, 0.25) is 0 Å². The molecule has 0 bridgehead atoms. The summed E-state index contributed by atoms with van der Waals surface area (Å²) in [6, 6.07) is 14.0. The van der Waals surface area contributed by atoms with Crippen molar-refractivity contribution in [3.05, 3.63) is 83.4 Å². The van der Waals surface area contributed by atoms with Gasteiger partial charge in [0.15, 0.2) is 11.5 Å². The number of rotatable bonds is 14. The molecule has 7 nitrogen and oxygen atoms in total. The Labute approximate surface area is 239 Å². The van der Waals surface area contributed by atoms with Crippen LogP contribution in [0.25, 0.3) is 6.08 Å². The maximum Gasteiger partial charge on any atom is 0.426 e. The maximum absolute atomic E-state index is 14.8. The van der Waals surface area contributed by atoms with Gasteiger partial charge in [0.1, 0.15) is 5.75 Å². The Kier molecular flexibility index (Phi) is 11.0. The number of methoxy groups -OCH3 is 1. The van der Waals surface area contributed by atoms with E-state index in [1.807, 2.05) is 6.07 Å². The van der Waals surface area contributed by atoms with Gasteiger partial charge in [-0.15, -0.1) is 0 Å². The van der Waals surface area contributed by atoms with Crippen molar-refractivity contribution < 1.29 is 45.7 Å². The van der Waals surface area contributed by atoms with Crippen molar-refractivity contribution >= 4 is 23.4 Å². The van der Waals surface area contributed by atoms with Crippen LogP contribution < -0.4 is 25.7 Å². The zero-order valence-corrected chi connectivity index (χ0v) is 22.8. The molecule has 0 unspecified atom stereocenters. The van der Waals surface area contributed by atoms with Gasteiger partial charge >= 0.3 is 18.3 Å². The minimum Gasteiger partial charge on any atom is -0.493 e. The van der Waals surface area contributed by atoms with E-state index in [9.17, 15) is 26.7 Å². The molecule has 12 heteroatoms. The fourth-order valence-corrected chi connectivity index (χ4v) is 3.77. The van der Waals surface area contributed by atoms with Crippen molar-refractivity contribution in [2.75, 3.05) is 31.8 Å². The topological polar surface area (TPSA) is 106 Å². The molecule has 0 aliphatic carbocycles. The number of anilines is 2. The summed E-state index contributed by atoms with van der Waals surface area (Å²) in [7, 11) is 1.22. The minimum absolute atomic E-state index is 0.0281. The van der Waals surface area contributed by atoms with Gasteiger partial charge in [-0.2, -0.15) is 22.0 Å². The summed E-state index contributed by atoms with van der Waals surface area (Å²) in [5.41, 5.74) is 13.6. The van der Waals surface area contributed by atoms with Crippen molar-refractivity contribution in [2.45, 2.75) is 38.0 Å². The number of nitrogens with two attached hydrogens (primary N) is 2. The summed E-state index contributed by atoms with van der Waals surface area (Å²) in [5.74, 6) is -0.757. The quantitative estimate of drug-likeness (QED) is 0.0688. The second kappa shape index (κ2) is 14.4. The van der Waals surface area contributed by atoms with Crippen molar-refractivity contribution in [3.8, 4) is 17.2 Å². The van der Waals surface area contributed by atoms with E-state index in [0.29, 0.717) is 29.8 Å². The predicted molar refractivity (Wildman–Crippen MR) is 148 cm³/mol. The third-order valence-corrected chi connectivity index (χ3v) is 5.90. The average molecular weight is 595 g/mol. The van der Waals surface area contributed by atoms with Crippen LogP contribution in [-0.2, 0) is 22.1 Å². The van der Waals surface area contributed by atoms with Gasteiger partial charge in [-0.1, -0.05) is 18.2 Å². The summed E-state index contributed by atoms with van der Waals surface area (Å²) >= 11 is 0. The van der Waals surface area contributed by atoms with Crippen LogP contribution in [0.5, 0.6) is 17.2 Å². The number of hydrogen-bond acceptors (Lipinski definition) is 7. The molecule has 0 spiro atoms. The summed E-state index contributed by atoms with van der Waals surface area (Å²) in [6.45, 7) is -0.0779. The molecule has 0 heterocycles. The van der Waals surface area contributed by atoms with Gasteiger partial charge in [0.05, 0.1) is 25.9 Å². The van der Waals surface area contributed by atoms with Crippen LogP contribution in [0.15, 0.2) is 66.7 Å². The van der Waals surface area contributed by atoms with Crippen molar-refractivity contribution in [3.63, 3.8) is 0 Å². The van der Waals surface area contributed by atoms with Crippen molar-refractivity contribution in [2.24, 2.45) is 0 Å². The third kappa shape index (κ3) is 10.2. The molecule has 3 aromatic carbocycles. The molecular formula is C30H31F5N2O5. The number of halogens is 5. The Morgan fingerprint density at radius 2 is 1.62 bits per heavy atom. The molecule has 0 amide bonds. The van der Waals surface area contributed by atoms with Crippen LogP contribution in [-0.4, -0.2) is 32.5 Å². The van der Waals surface area contributed by atoms with E-state index in [4.69, 9.17) is 30.4 Å². The molecule has 0 aliphatic heterocycles. The summed E-state index contributed by atoms with van der Waals surface area (Å²) in [4.78, 5) is 12.0.